The monoisotopic (exact) mass is 437 g/mol. The molecule has 0 saturated heterocycles. The van der Waals surface area contributed by atoms with Crippen LogP contribution in [-0.4, -0.2) is 37.0 Å². The molecule has 6 nitrogen and oxygen atoms in total. The SMILES string of the molecule is CN(C)S(=O)(=O)c1c(Cl)ccc(NC(=S)Nc2cccc(Cl)c2F)c1O. The second kappa shape index (κ2) is 7.93. The molecule has 2 aromatic rings. The molecule has 0 saturated carbocycles. The average molecular weight is 438 g/mol. The predicted molar refractivity (Wildman–Crippen MR) is 105 cm³/mol. The van der Waals surface area contributed by atoms with Crippen LogP contribution in [0.3, 0.4) is 0 Å². The zero-order valence-electron chi connectivity index (χ0n) is 13.5. The van der Waals surface area contributed by atoms with Crippen LogP contribution < -0.4 is 10.6 Å². The molecule has 0 spiro atoms. The summed E-state index contributed by atoms with van der Waals surface area (Å²) >= 11 is 16.7. The van der Waals surface area contributed by atoms with Crippen LogP contribution in [0.1, 0.15) is 0 Å². The van der Waals surface area contributed by atoms with Crippen LogP contribution in [0.25, 0.3) is 0 Å². The Kier molecular flexibility index (Phi) is 6.30. The Bertz CT molecular complexity index is 969. The Balaban J connectivity index is 2.33. The summed E-state index contributed by atoms with van der Waals surface area (Å²) in [4.78, 5) is -0.467. The number of phenolic OH excluding ortho intramolecular Hbond substituents is 1. The van der Waals surface area contributed by atoms with Gasteiger partial charge in [0, 0.05) is 14.1 Å². The molecular weight excluding hydrogens is 424 g/mol. The fraction of sp³-hybridized carbons (Fsp3) is 0.133. The second-order valence-electron chi connectivity index (χ2n) is 5.24. The van der Waals surface area contributed by atoms with Crippen LogP contribution in [0, 0.1) is 5.82 Å². The number of phenols is 1. The number of anilines is 2. The first-order chi connectivity index (χ1) is 12.1. The van der Waals surface area contributed by atoms with E-state index in [0.717, 1.165) is 4.31 Å². The van der Waals surface area contributed by atoms with Crippen molar-refractivity contribution in [2.24, 2.45) is 0 Å². The normalized spacial score (nSPS) is 11.5. The van der Waals surface area contributed by atoms with Crippen molar-refractivity contribution in [3.8, 4) is 5.75 Å². The fourth-order valence-electron chi connectivity index (χ4n) is 1.95. The van der Waals surface area contributed by atoms with E-state index in [4.69, 9.17) is 35.4 Å². The van der Waals surface area contributed by atoms with E-state index in [2.05, 4.69) is 10.6 Å². The van der Waals surface area contributed by atoms with Crippen molar-refractivity contribution >= 4 is 61.9 Å². The molecular formula is C15H14Cl2FN3O3S2. The molecule has 0 bridgehead atoms. The van der Waals surface area contributed by atoms with E-state index in [1.807, 2.05) is 0 Å². The van der Waals surface area contributed by atoms with Gasteiger partial charge >= 0.3 is 0 Å². The molecule has 0 aliphatic carbocycles. The highest BCUT2D eigenvalue weighted by Gasteiger charge is 2.27. The standard InChI is InChI=1S/C15H14Cl2FN3O3S2/c1-21(2)26(23,24)14-9(17)6-7-11(13(14)22)20-15(25)19-10-5-3-4-8(16)12(10)18/h3-7,22H,1-2H3,(H2,19,20,25). The van der Waals surface area contributed by atoms with Crippen LogP contribution in [0.4, 0.5) is 15.8 Å². The van der Waals surface area contributed by atoms with Crippen molar-refractivity contribution in [2.75, 3.05) is 24.7 Å². The molecule has 2 rings (SSSR count). The molecule has 0 heterocycles. The molecule has 0 atom stereocenters. The molecule has 0 aromatic heterocycles. The number of halogens is 3. The first-order valence-corrected chi connectivity index (χ1v) is 9.62. The van der Waals surface area contributed by atoms with E-state index in [1.54, 1.807) is 0 Å². The maximum absolute atomic E-state index is 13.9. The zero-order chi connectivity index (χ0) is 19.6. The molecule has 26 heavy (non-hydrogen) atoms. The van der Waals surface area contributed by atoms with Crippen molar-refractivity contribution in [1.82, 2.24) is 4.31 Å². The lowest BCUT2D eigenvalue weighted by Crippen LogP contribution is -2.24. The van der Waals surface area contributed by atoms with Crippen LogP contribution >= 0.6 is 35.4 Å². The van der Waals surface area contributed by atoms with Crippen molar-refractivity contribution in [3.63, 3.8) is 0 Å². The Morgan fingerprint density at radius 1 is 1.12 bits per heavy atom. The van der Waals surface area contributed by atoms with Gasteiger partial charge in [-0.2, -0.15) is 0 Å². The lowest BCUT2D eigenvalue weighted by atomic mass is 10.3. The Hall–Kier alpha value is -1.65. The minimum atomic E-state index is -4.00. The van der Waals surface area contributed by atoms with Gasteiger partial charge in [0.1, 0.15) is 4.90 Å². The van der Waals surface area contributed by atoms with Crippen molar-refractivity contribution < 1.29 is 17.9 Å². The highest BCUT2D eigenvalue weighted by Crippen LogP contribution is 2.38. The van der Waals surface area contributed by atoms with Crippen molar-refractivity contribution in [1.29, 1.82) is 0 Å². The van der Waals surface area contributed by atoms with Crippen LogP contribution in [0.5, 0.6) is 5.75 Å². The molecule has 2 aromatic carbocycles. The minimum absolute atomic E-state index is 0.0181. The van der Waals surface area contributed by atoms with Crippen LogP contribution in [0.15, 0.2) is 35.2 Å². The molecule has 3 N–H and O–H groups in total. The van der Waals surface area contributed by atoms with E-state index >= 15 is 0 Å². The number of hydrogen-bond acceptors (Lipinski definition) is 4. The third-order valence-corrected chi connectivity index (χ3v) is 6.08. The molecule has 11 heteroatoms. The summed E-state index contributed by atoms with van der Waals surface area (Å²) in [6, 6.07) is 6.95. The van der Waals surface area contributed by atoms with E-state index in [0.29, 0.717) is 0 Å². The lowest BCUT2D eigenvalue weighted by molar-refractivity contribution is 0.455. The number of hydrogen-bond donors (Lipinski definition) is 3. The quantitative estimate of drug-likeness (QED) is 0.496. The van der Waals surface area contributed by atoms with Gasteiger partial charge in [-0.25, -0.2) is 17.1 Å². The molecule has 0 unspecified atom stereocenters. The molecule has 0 aliphatic heterocycles. The average Bonchev–Trinajstić information content (AvgIpc) is 2.54. The molecule has 0 aliphatic rings. The van der Waals surface area contributed by atoms with E-state index < -0.39 is 26.5 Å². The van der Waals surface area contributed by atoms with Gasteiger partial charge in [-0.3, -0.25) is 0 Å². The Morgan fingerprint density at radius 2 is 1.73 bits per heavy atom. The highest BCUT2D eigenvalue weighted by molar-refractivity contribution is 7.89. The lowest BCUT2D eigenvalue weighted by Gasteiger charge is -2.17. The summed E-state index contributed by atoms with van der Waals surface area (Å²) in [6.45, 7) is 0. The van der Waals surface area contributed by atoms with Gasteiger partial charge in [-0.1, -0.05) is 29.3 Å². The van der Waals surface area contributed by atoms with Crippen molar-refractivity contribution in [2.45, 2.75) is 4.90 Å². The van der Waals surface area contributed by atoms with Gasteiger partial charge in [-0.05, 0) is 36.5 Å². The third-order valence-electron chi connectivity index (χ3n) is 3.27. The van der Waals surface area contributed by atoms with E-state index in [1.165, 1.54) is 44.4 Å². The summed E-state index contributed by atoms with van der Waals surface area (Å²) in [7, 11) is -1.39. The Labute approximate surface area is 165 Å². The van der Waals surface area contributed by atoms with Gasteiger partial charge in [0.05, 0.1) is 21.4 Å². The smallest absolute Gasteiger partial charge is 0.247 e. The number of nitrogens with zero attached hydrogens (tertiary/aromatic N) is 1. The maximum atomic E-state index is 13.9. The molecule has 140 valence electrons. The minimum Gasteiger partial charge on any atom is -0.504 e. The van der Waals surface area contributed by atoms with Gasteiger partial charge in [-0.15, -0.1) is 0 Å². The number of aromatic hydroxyl groups is 1. The second-order valence-corrected chi connectivity index (χ2v) is 8.55. The summed E-state index contributed by atoms with van der Waals surface area (Å²) in [5, 5.41) is 15.2. The van der Waals surface area contributed by atoms with E-state index in [-0.39, 0.29) is 26.5 Å². The Morgan fingerprint density at radius 3 is 2.35 bits per heavy atom. The topological polar surface area (TPSA) is 81.7 Å². The number of thiocarbonyl (C=S) groups is 1. The highest BCUT2D eigenvalue weighted by atomic mass is 35.5. The van der Waals surface area contributed by atoms with E-state index in [9.17, 15) is 17.9 Å². The van der Waals surface area contributed by atoms with Gasteiger partial charge in [0.25, 0.3) is 0 Å². The first-order valence-electron chi connectivity index (χ1n) is 7.01. The number of sulfonamides is 1. The van der Waals surface area contributed by atoms with Gasteiger partial charge < -0.3 is 15.7 Å². The third kappa shape index (κ3) is 4.18. The number of benzene rings is 2. The summed E-state index contributed by atoms with van der Waals surface area (Å²) < 4.78 is 39.5. The molecule has 0 fully saturated rings. The van der Waals surface area contributed by atoms with Crippen LogP contribution in [-0.2, 0) is 10.0 Å². The number of nitrogens with one attached hydrogen (secondary N) is 2. The predicted octanol–water partition coefficient (Wildman–Crippen LogP) is 3.90. The molecule has 0 amide bonds. The maximum Gasteiger partial charge on any atom is 0.247 e. The fourth-order valence-corrected chi connectivity index (χ4v) is 3.82. The first kappa shape index (κ1) is 20.7. The molecule has 0 radical (unpaired) electrons. The zero-order valence-corrected chi connectivity index (χ0v) is 16.7. The van der Waals surface area contributed by atoms with Crippen molar-refractivity contribution in [3.05, 3.63) is 46.2 Å². The number of rotatable bonds is 4. The van der Waals surface area contributed by atoms with Gasteiger partial charge in [0.2, 0.25) is 10.0 Å². The summed E-state index contributed by atoms with van der Waals surface area (Å²) in [6.07, 6.45) is 0. The van der Waals surface area contributed by atoms with Gasteiger partial charge in [0.15, 0.2) is 16.7 Å². The van der Waals surface area contributed by atoms with Crippen LogP contribution in [0.2, 0.25) is 10.0 Å². The largest absolute Gasteiger partial charge is 0.504 e. The summed E-state index contributed by atoms with van der Waals surface area (Å²) in [5.41, 5.74) is -0.000601. The summed E-state index contributed by atoms with van der Waals surface area (Å²) in [5.74, 6) is -1.31.